The van der Waals surface area contributed by atoms with Gasteiger partial charge in [0.25, 0.3) is 5.89 Å². The number of imide groups is 6. The number of barbiturate groups is 3. The average molecular weight is 1490 g/mol. The number of morpholine rings is 3. The Morgan fingerprint density at radius 1 is 0.423 bits per heavy atom. The molecule has 6 saturated heterocycles. The number of fused-ring (bicyclic) bond motifs is 12. The van der Waals surface area contributed by atoms with Gasteiger partial charge in [-0.25, -0.2) is 14.4 Å². The van der Waals surface area contributed by atoms with Gasteiger partial charge in [0.05, 0.1) is 56.1 Å². The molecule has 12 amide bonds. The van der Waals surface area contributed by atoms with Gasteiger partial charge in [0.2, 0.25) is 59.0 Å². The Hall–Kier alpha value is -10.8. The predicted octanol–water partition coefficient (Wildman–Crippen LogP) is 5.77. The van der Waals surface area contributed by atoms with Gasteiger partial charge in [0.1, 0.15) is 0 Å². The molecule has 15 rings (SSSR count). The van der Waals surface area contributed by atoms with Crippen LogP contribution in [0, 0.1) is 23.2 Å². The van der Waals surface area contributed by atoms with Crippen molar-refractivity contribution in [1.82, 2.24) is 62.5 Å². The number of hydrogen-bond donors (Lipinski definition) is 6. The number of carbonyl (C=O) groups excluding carboxylic acids is 9. The number of rotatable bonds is 4. The molecule has 9 atom stereocenters. The Labute approximate surface area is 570 Å². The second-order valence-electron chi connectivity index (χ2n) is 25.4. The molecule has 30 nitrogen and oxygen atoms in total. The van der Waals surface area contributed by atoms with Crippen LogP contribution in [0.5, 0.6) is 0 Å². The van der Waals surface area contributed by atoms with Gasteiger partial charge in [-0.3, -0.25) is 60.7 Å². The number of hydrogen-bond acceptors (Lipinski definition) is 24. The number of amides is 12. The van der Waals surface area contributed by atoms with Crippen LogP contribution in [0.15, 0.2) is 67.8 Å². The minimum absolute atomic E-state index is 0.0215. The molecule has 3 aromatic carbocycles. The lowest BCUT2D eigenvalue weighted by Crippen LogP contribution is -2.76. The predicted molar refractivity (Wildman–Crippen MR) is 312 cm³/mol. The Bertz CT molecular complexity index is 4520. The highest BCUT2D eigenvalue weighted by atomic mass is 19.4. The van der Waals surface area contributed by atoms with Crippen molar-refractivity contribution in [3.63, 3.8) is 0 Å². The first kappa shape index (κ1) is 71.6. The first-order valence-corrected chi connectivity index (χ1v) is 30.8. The highest BCUT2D eigenvalue weighted by Crippen LogP contribution is 2.53. The van der Waals surface area contributed by atoms with Gasteiger partial charge in [-0.05, 0) is 111 Å². The van der Waals surface area contributed by atoms with E-state index in [0.717, 1.165) is 0 Å². The van der Waals surface area contributed by atoms with E-state index in [9.17, 15) is 105 Å². The van der Waals surface area contributed by atoms with Crippen molar-refractivity contribution < 1.29 is 132 Å². The fourth-order valence-electron chi connectivity index (χ4n) is 15.0. The van der Waals surface area contributed by atoms with Crippen LogP contribution in [0.2, 0.25) is 0 Å². The van der Waals surface area contributed by atoms with Crippen molar-refractivity contribution in [3.8, 4) is 34.4 Å². The molecule has 44 heteroatoms. The first-order valence-electron chi connectivity index (χ1n) is 30.8. The molecule has 6 N–H and O–H groups in total. The Kier molecular flexibility index (Phi) is 17.2. The van der Waals surface area contributed by atoms with Crippen LogP contribution in [0.4, 0.5) is 92.9 Å². The van der Waals surface area contributed by atoms with Gasteiger partial charge >= 0.3 is 55.1 Å². The summed E-state index contributed by atoms with van der Waals surface area (Å²) in [5.41, 5.74) is -3.67. The van der Waals surface area contributed by atoms with Crippen LogP contribution in [-0.4, -0.2) is 177 Å². The summed E-state index contributed by atoms with van der Waals surface area (Å²) >= 11 is 0. The molecular formula is C60H49F14N15O15. The van der Waals surface area contributed by atoms with Gasteiger partial charge < -0.3 is 42.2 Å². The van der Waals surface area contributed by atoms with E-state index in [1.807, 2.05) is 21.3 Å². The number of ether oxygens (including phenoxy) is 3. The second-order valence-corrected chi connectivity index (χ2v) is 25.4. The van der Waals surface area contributed by atoms with Crippen LogP contribution in [-0.2, 0) is 68.4 Å². The summed E-state index contributed by atoms with van der Waals surface area (Å²) in [7, 11) is 0. The van der Waals surface area contributed by atoms with Crippen LogP contribution < -0.4 is 46.6 Å². The molecule has 12 heterocycles. The topological polar surface area (TPSA) is 380 Å². The zero-order valence-electron chi connectivity index (χ0n) is 53.2. The molecule has 9 aliphatic rings. The number of anilines is 3. The van der Waals surface area contributed by atoms with Crippen LogP contribution >= 0.6 is 0 Å². The molecule has 6 fully saturated rings. The molecule has 9 aliphatic heterocycles. The average Bonchev–Trinajstić information content (AvgIpc) is 0.934. The van der Waals surface area contributed by atoms with Crippen molar-refractivity contribution in [2.24, 2.45) is 16.2 Å². The summed E-state index contributed by atoms with van der Waals surface area (Å²) in [4.78, 5) is 118. The van der Waals surface area contributed by atoms with Gasteiger partial charge in [0, 0.05) is 40.7 Å². The van der Waals surface area contributed by atoms with Gasteiger partial charge in [0.15, 0.2) is 34.6 Å². The largest absolute Gasteiger partial charge is 0.470 e. The number of aromatic nitrogens is 6. The first-order chi connectivity index (χ1) is 48.6. The smallest absolute Gasteiger partial charge is 0.421 e. The summed E-state index contributed by atoms with van der Waals surface area (Å²) in [5, 5.41) is 33.0. The van der Waals surface area contributed by atoms with E-state index in [0.29, 0.717) is 22.7 Å². The SMILES string of the molecule is C[C@@H]1O[C@H](C(F)(F)F)CN2c3ccc(-c4nnc(C(F)(F)F)o4)cc3CC3(C(=O)NC(=O)NC3=O)[C@@H]12.C[C@@H]1O[C@H](C(F)(F)F)CN2c3ccc(-c4nnc(C(F)F)o4)cc3CC3(C(=O)NC(=O)NC3=O)[C@@H]12.Cc1nnc(-c2ccc3c(c2)CC2(C(=O)NC(=O)NC2=O)[C@H]2[C@H](C)O[C@H](C(F)(F)F)CN32)o1. The molecule has 552 valence electrons. The monoisotopic (exact) mass is 1490 g/mol. The van der Waals surface area contributed by atoms with E-state index in [2.05, 4.69) is 45.6 Å². The number of nitrogens with one attached hydrogen (secondary N) is 6. The molecule has 6 aromatic rings. The fraction of sp³-hybridized carbons (Fsp3) is 0.450. The normalized spacial score (nSPS) is 26.0. The summed E-state index contributed by atoms with van der Waals surface area (Å²) in [6.07, 6.45) is -33.2. The molecule has 0 radical (unpaired) electrons. The van der Waals surface area contributed by atoms with E-state index in [1.54, 1.807) is 25.1 Å². The van der Waals surface area contributed by atoms with Crippen molar-refractivity contribution >= 4 is 70.6 Å². The summed E-state index contributed by atoms with van der Waals surface area (Å²) in [5.74, 6) is -8.68. The molecule has 0 bridgehead atoms. The number of alkyl halides is 14. The third-order valence-corrected chi connectivity index (χ3v) is 19.1. The molecule has 0 aliphatic carbocycles. The minimum Gasteiger partial charge on any atom is -0.421 e. The highest BCUT2D eigenvalue weighted by molar-refractivity contribution is 6.22. The number of carbonyl (C=O) groups is 9. The van der Waals surface area contributed by atoms with Crippen molar-refractivity contribution in [3.05, 3.63) is 89.0 Å². The molecule has 3 spiro atoms. The number of nitrogens with zero attached hydrogens (tertiary/aromatic N) is 9. The maximum atomic E-state index is 13.6. The van der Waals surface area contributed by atoms with E-state index >= 15 is 0 Å². The van der Waals surface area contributed by atoms with Gasteiger partial charge in [-0.2, -0.15) is 61.5 Å². The van der Waals surface area contributed by atoms with E-state index < -0.39 is 199 Å². The van der Waals surface area contributed by atoms with E-state index in [1.165, 1.54) is 71.9 Å². The van der Waals surface area contributed by atoms with Gasteiger partial charge in [-0.15, -0.1) is 30.6 Å². The molecule has 104 heavy (non-hydrogen) atoms. The van der Waals surface area contributed by atoms with E-state index in [4.69, 9.17) is 23.0 Å². The third-order valence-electron chi connectivity index (χ3n) is 19.1. The van der Waals surface area contributed by atoms with Crippen LogP contribution in [0.3, 0.4) is 0 Å². The number of halogens is 14. The van der Waals surface area contributed by atoms with Gasteiger partial charge in [-0.1, -0.05) is 0 Å². The Balaban J connectivity index is 0.000000139. The molecule has 0 unspecified atom stereocenters. The Morgan fingerprint density at radius 3 is 0.990 bits per heavy atom. The number of aryl methyl sites for hydroxylation is 1. The van der Waals surface area contributed by atoms with Crippen LogP contribution in [0.25, 0.3) is 34.4 Å². The molecular weight excluding hydrogens is 1440 g/mol. The lowest BCUT2D eigenvalue weighted by Gasteiger charge is -2.55. The fourth-order valence-corrected chi connectivity index (χ4v) is 15.0. The minimum atomic E-state index is -4.90. The highest BCUT2D eigenvalue weighted by Gasteiger charge is 2.68. The van der Waals surface area contributed by atoms with Crippen LogP contribution in [0.1, 0.15) is 61.6 Å². The standard InChI is InChI=1S/C20H15F6N5O5.C20H16F5N5O5.C20H18F3N5O5/c1-7-12-18(14(32)27-17(34)28-15(18)33)5-9-4-8(13-29-30-16(36-13)20(24,25)26)2-3-10(9)31(12)6-11(35-7)19(21,22)23;1-7-12-19(16(31)26-18(33)27-17(19)32)5-9-4-8(14-28-29-15(35-14)13(21)22)2-3-10(9)30(12)6-11(34-7)20(23,24)25;1-8-14-19(16(29)24-18(31)25-17(19)30)6-11-5-10(15-27-26-9(2)33-15)3-4-12(11)28(14)7-13(32-8)20(21,22)23/h2-4,7,11-12H,5-6H2,1H3,(H2,27,28,32,33,34);2-4,7,11-13H,5-6H2,1H3,(H2,26,27,31,32,33);3-5,8,13-14H,6-7H2,1-2H3,(H2,24,25,29,30,31)/t2*7-,11-,12+;8-,13-,14+/m000/s1. The zero-order chi connectivity index (χ0) is 75.2. The lowest BCUT2D eigenvalue weighted by atomic mass is 9.66. The van der Waals surface area contributed by atoms with Crippen molar-refractivity contribution in [2.45, 2.75) is 133 Å². The zero-order valence-corrected chi connectivity index (χ0v) is 53.2. The Morgan fingerprint density at radius 2 is 0.721 bits per heavy atom. The number of benzene rings is 3. The van der Waals surface area contributed by atoms with E-state index in [-0.39, 0.29) is 58.3 Å². The maximum absolute atomic E-state index is 13.6. The number of urea groups is 3. The summed E-state index contributed by atoms with van der Waals surface area (Å²) in [6, 6.07) is 6.23. The molecule has 3 aromatic heterocycles. The lowest BCUT2D eigenvalue weighted by molar-refractivity contribution is -0.243. The summed E-state index contributed by atoms with van der Waals surface area (Å²) < 4.78 is 217. The molecule has 0 saturated carbocycles. The quantitative estimate of drug-likeness (QED) is 0.0900. The summed E-state index contributed by atoms with van der Waals surface area (Å²) in [6.45, 7) is 3.46. The maximum Gasteiger partial charge on any atom is 0.470 e. The van der Waals surface area contributed by atoms with Crippen molar-refractivity contribution in [2.75, 3.05) is 34.3 Å². The third kappa shape index (κ3) is 12.0. The van der Waals surface area contributed by atoms with Crippen molar-refractivity contribution in [1.29, 1.82) is 0 Å². The second kappa shape index (κ2) is 25.0.